The molecule has 1 N–H and O–H groups in total. The van der Waals surface area contributed by atoms with Gasteiger partial charge in [0.2, 0.25) is 0 Å². The van der Waals surface area contributed by atoms with Crippen molar-refractivity contribution in [2.75, 3.05) is 7.05 Å². The van der Waals surface area contributed by atoms with Gasteiger partial charge in [0.05, 0.1) is 5.56 Å². The lowest BCUT2D eigenvalue weighted by Gasteiger charge is -2.12. The zero-order chi connectivity index (χ0) is 17.3. The predicted molar refractivity (Wildman–Crippen MR) is 103 cm³/mol. The van der Waals surface area contributed by atoms with Crippen molar-refractivity contribution < 1.29 is 4.52 Å². The second kappa shape index (κ2) is 7.85. The van der Waals surface area contributed by atoms with E-state index < -0.39 is 0 Å². The van der Waals surface area contributed by atoms with E-state index in [0.717, 1.165) is 29.2 Å². The Morgan fingerprint density at radius 3 is 2.60 bits per heavy atom. The molecule has 1 atom stereocenters. The number of likely N-dealkylation sites (N-methyl/N-ethyl adjacent to an activating group) is 1. The lowest BCUT2D eigenvalue weighted by atomic mass is 10.2. The fourth-order valence-corrected chi connectivity index (χ4v) is 2.99. The average Bonchev–Trinajstić information content (AvgIpc) is 3.13. The zero-order valence-corrected chi connectivity index (χ0v) is 16.1. The summed E-state index contributed by atoms with van der Waals surface area (Å²) in [6, 6.07) is 10.8. The van der Waals surface area contributed by atoms with Crippen LogP contribution in [0.2, 0.25) is 0 Å². The first-order valence-corrected chi connectivity index (χ1v) is 8.26. The highest BCUT2D eigenvalue weighted by Crippen LogP contribution is 2.29. The van der Waals surface area contributed by atoms with E-state index in [1.165, 1.54) is 11.3 Å². The summed E-state index contributed by atoms with van der Waals surface area (Å²) >= 11 is 0. The summed E-state index contributed by atoms with van der Waals surface area (Å²) in [6.45, 7) is 8.41. The highest BCUT2D eigenvalue weighted by atomic mass is 35.5. The lowest BCUT2D eigenvalue weighted by Crippen LogP contribution is -2.24. The van der Waals surface area contributed by atoms with Crippen LogP contribution in [-0.4, -0.2) is 27.8 Å². The van der Waals surface area contributed by atoms with Crippen molar-refractivity contribution >= 4 is 12.4 Å². The van der Waals surface area contributed by atoms with Gasteiger partial charge in [0, 0.05) is 29.5 Å². The molecule has 0 amide bonds. The summed E-state index contributed by atoms with van der Waals surface area (Å²) in [4.78, 5) is 4.57. The van der Waals surface area contributed by atoms with Gasteiger partial charge in [-0.25, -0.2) is 0 Å². The van der Waals surface area contributed by atoms with Gasteiger partial charge in [0.25, 0.3) is 5.89 Å². The molecule has 1 aromatic carbocycles. The van der Waals surface area contributed by atoms with E-state index in [-0.39, 0.29) is 12.4 Å². The van der Waals surface area contributed by atoms with Crippen LogP contribution in [0.25, 0.3) is 17.1 Å². The molecule has 0 bridgehead atoms. The van der Waals surface area contributed by atoms with Crippen LogP contribution in [0.3, 0.4) is 0 Å². The van der Waals surface area contributed by atoms with Crippen LogP contribution in [0.1, 0.15) is 29.7 Å². The molecule has 2 aromatic heterocycles. The van der Waals surface area contributed by atoms with Crippen molar-refractivity contribution in [1.82, 2.24) is 20.0 Å². The normalized spacial score (nSPS) is 12.0. The standard InChI is InChI=1S/C19H24N4O.ClH/c1-12-8-6-7-9-17(12)23-14(3)11-16(15(23)4)19-21-18(22-24-19)10-13(2)20-5;/h6-9,11,13,20H,10H2,1-5H3;1H. The molecule has 0 radical (unpaired) electrons. The zero-order valence-electron chi connectivity index (χ0n) is 15.3. The summed E-state index contributed by atoms with van der Waals surface area (Å²) < 4.78 is 7.75. The predicted octanol–water partition coefficient (Wildman–Crippen LogP) is 4.02. The Bertz CT molecular complexity index is 853. The Morgan fingerprint density at radius 1 is 1.20 bits per heavy atom. The molecule has 0 spiro atoms. The second-order valence-electron chi connectivity index (χ2n) is 6.32. The van der Waals surface area contributed by atoms with Crippen molar-refractivity contribution in [3.8, 4) is 17.1 Å². The monoisotopic (exact) mass is 360 g/mol. The Labute approximate surface area is 154 Å². The van der Waals surface area contributed by atoms with Gasteiger partial charge in [-0.05, 0) is 52.4 Å². The topological polar surface area (TPSA) is 55.9 Å². The van der Waals surface area contributed by atoms with Crippen LogP contribution < -0.4 is 5.32 Å². The first-order chi connectivity index (χ1) is 11.5. The van der Waals surface area contributed by atoms with Crippen molar-refractivity contribution in [2.45, 2.75) is 40.2 Å². The van der Waals surface area contributed by atoms with Crippen LogP contribution in [0.15, 0.2) is 34.9 Å². The molecule has 3 aromatic rings. The fourth-order valence-electron chi connectivity index (χ4n) is 2.99. The van der Waals surface area contributed by atoms with E-state index in [0.29, 0.717) is 11.9 Å². The molecule has 3 rings (SSSR count). The maximum Gasteiger partial charge on any atom is 0.259 e. The minimum absolute atomic E-state index is 0. The van der Waals surface area contributed by atoms with E-state index in [9.17, 15) is 0 Å². The van der Waals surface area contributed by atoms with Crippen molar-refractivity contribution in [3.05, 3.63) is 53.1 Å². The minimum Gasteiger partial charge on any atom is -0.334 e. The van der Waals surface area contributed by atoms with Crippen molar-refractivity contribution in [3.63, 3.8) is 0 Å². The van der Waals surface area contributed by atoms with Gasteiger partial charge >= 0.3 is 0 Å². The number of halogens is 1. The molecule has 25 heavy (non-hydrogen) atoms. The van der Waals surface area contributed by atoms with Crippen LogP contribution >= 0.6 is 12.4 Å². The Balaban J connectivity index is 0.00000225. The third-order valence-electron chi connectivity index (χ3n) is 4.47. The Morgan fingerprint density at radius 2 is 1.92 bits per heavy atom. The van der Waals surface area contributed by atoms with Gasteiger partial charge in [0.15, 0.2) is 5.82 Å². The number of hydrogen-bond donors (Lipinski definition) is 1. The molecule has 1 unspecified atom stereocenters. The molecular formula is C19H25ClN4O. The summed E-state index contributed by atoms with van der Waals surface area (Å²) in [7, 11) is 1.93. The smallest absolute Gasteiger partial charge is 0.259 e. The van der Waals surface area contributed by atoms with E-state index in [1.807, 2.05) is 7.05 Å². The molecule has 0 saturated carbocycles. The van der Waals surface area contributed by atoms with Gasteiger partial charge in [-0.3, -0.25) is 0 Å². The average molecular weight is 361 g/mol. The molecule has 134 valence electrons. The number of nitrogens with zero attached hydrogens (tertiary/aromatic N) is 3. The maximum absolute atomic E-state index is 5.51. The third kappa shape index (κ3) is 3.78. The lowest BCUT2D eigenvalue weighted by molar-refractivity contribution is 0.418. The van der Waals surface area contributed by atoms with E-state index in [4.69, 9.17) is 4.52 Å². The Kier molecular flexibility index (Phi) is 6.03. The van der Waals surface area contributed by atoms with Gasteiger partial charge in [-0.1, -0.05) is 23.4 Å². The molecule has 2 heterocycles. The molecule has 0 aliphatic carbocycles. The molecule has 0 aliphatic heterocycles. The summed E-state index contributed by atoms with van der Waals surface area (Å²) in [5.74, 6) is 1.31. The summed E-state index contributed by atoms with van der Waals surface area (Å²) in [5.41, 5.74) is 5.67. The number of rotatable bonds is 5. The Hall–Kier alpha value is -2.11. The quantitative estimate of drug-likeness (QED) is 0.746. The van der Waals surface area contributed by atoms with Crippen LogP contribution in [0.5, 0.6) is 0 Å². The number of para-hydroxylation sites is 1. The largest absolute Gasteiger partial charge is 0.334 e. The van der Waals surface area contributed by atoms with Crippen LogP contribution in [0, 0.1) is 20.8 Å². The first kappa shape index (κ1) is 19.2. The highest BCUT2D eigenvalue weighted by molar-refractivity contribution is 5.85. The third-order valence-corrected chi connectivity index (χ3v) is 4.47. The van der Waals surface area contributed by atoms with E-state index in [1.54, 1.807) is 0 Å². The fraction of sp³-hybridized carbons (Fsp3) is 0.368. The minimum atomic E-state index is 0. The van der Waals surface area contributed by atoms with Gasteiger partial charge in [-0.2, -0.15) is 4.98 Å². The van der Waals surface area contributed by atoms with Gasteiger partial charge in [-0.15, -0.1) is 12.4 Å². The van der Waals surface area contributed by atoms with Gasteiger partial charge in [0.1, 0.15) is 0 Å². The number of benzene rings is 1. The number of nitrogens with one attached hydrogen (secondary N) is 1. The van der Waals surface area contributed by atoms with Crippen LogP contribution in [-0.2, 0) is 6.42 Å². The van der Waals surface area contributed by atoms with Gasteiger partial charge < -0.3 is 14.4 Å². The summed E-state index contributed by atoms with van der Waals surface area (Å²) in [6.07, 6.45) is 0.747. The molecule has 0 saturated heterocycles. The van der Waals surface area contributed by atoms with Crippen molar-refractivity contribution in [2.24, 2.45) is 0 Å². The van der Waals surface area contributed by atoms with E-state index in [2.05, 4.69) is 78.1 Å². The molecule has 5 nitrogen and oxygen atoms in total. The molecular weight excluding hydrogens is 336 g/mol. The number of aromatic nitrogens is 3. The summed E-state index contributed by atoms with van der Waals surface area (Å²) in [5, 5.41) is 7.30. The molecule has 6 heteroatoms. The maximum atomic E-state index is 5.51. The number of aryl methyl sites for hydroxylation is 2. The van der Waals surface area contributed by atoms with E-state index >= 15 is 0 Å². The second-order valence-corrected chi connectivity index (χ2v) is 6.32. The van der Waals surface area contributed by atoms with Crippen molar-refractivity contribution in [1.29, 1.82) is 0 Å². The molecule has 0 fully saturated rings. The van der Waals surface area contributed by atoms with Crippen LogP contribution in [0.4, 0.5) is 0 Å². The number of hydrogen-bond acceptors (Lipinski definition) is 4. The SMILES string of the molecule is CNC(C)Cc1noc(-c2cc(C)n(-c3ccccc3C)c2C)n1.Cl. The first-order valence-electron chi connectivity index (χ1n) is 8.26. The highest BCUT2D eigenvalue weighted by Gasteiger charge is 2.18. The molecule has 0 aliphatic rings.